The number of rotatable bonds is 4. The van der Waals surface area contributed by atoms with Gasteiger partial charge < -0.3 is 5.11 Å². The summed E-state index contributed by atoms with van der Waals surface area (Å²) in [5.74, 6) is -0.607. The minimum Gasteiger partial charge on any atom is -0.388 e. The summed E-state index contributed by atoms with van der Waals surface area (Å²) in [5, 5.41) is 13.0. The number of carbonyl (C=O) groups excluding carboxylic acids is 1. The number of benzene rings is 2. The Morgan fingerprint density at radius 2 is 1.54 bits per heavy atom. The first-order valence-electron chi connectivity index (χ1n) is 9.47. The van der Waals surface area contributed by atoms with E-state index in [1.54, 1.807) is 30.3 Å². The maximum Gasteiger partial charge on any atom is 0.142 e. The van der Waals surface area contributed by atoms with Crippen molar-refractivity contribution in [1.82, 2.24) is 0 Å². The van der Waals surface area contributed by atoms with E-state index in [-0.39, 0.29) is 11.7 Å². The fourth-order valence-corrected chi connectivity index (χ4v) is 4.95. The smallest absolute Gasteiger partial charge is 0.142 e. The van der Waals surface area contributed by atoms with Gasteiger partial charge in [0.25, 0.3) is 0 Å². The molecule has 0 bridgehead atoms. The van der Waals surface area contributed by atoms with Crippen LogP contribution in [0, 0.1) is 11.8 Å². The fourth-order valence-electron chi connectivity index (χ4n) is 3.95. The quantitative estimate of drug-likeness (QED) is 0.519. The number of carbonyl (C=O) groups is 1. The number of halogens is 4. The Morgan fingerprint density at radius 1 is 0.893 bits per heavy atom. The minimum atomic E-state index is -0.946. The second-order valence-corrected chi connectivity index (χ2v) is 9.08. The number of ketones is 1. The van der Waals surface area contributed by atoms with Crippen LogP contribution in [0.25, 0.3) is 0 Å². The molecule has 0 aliphatic heterocycles. The second-order valence-electron chi connectivity index (χ2n) is 7.39. The van der Waals surface area contributed by atoms with Gasteiger partial charge in [-0.15, -0.1) is 0 Å². The number of Topliss-reactive ketones (excluding diaryl/α,β-unsaturated/α-hetero) is 1. The Hall–Kier alpha value is -0.770. The molecular formula is C22H22Cl4O2. The highest BCUT2D eigenvalue weighted by molar-refractivity contribution is 6.35. The molecule has 1 aliphatic carbocycles. The van der Waals surface area contributed by atoms with Crippen molar-refractivity contribution in [3.8, 4) is 0 Å². The highest BCUT2D eigenvalue weighted by atomic mass is 35.5. The molecule has 150 valence electrons. The first kappa shape index (κ1) is 21.9. The molecule has 0 radical (unpaired) electrons. The van der Waals surface area contributed by atoms with Gasteiger partial charge in [-0.3, -0.25) is 4.79 Å². The molecule has 3 rings (SSSR count). The molecule has 0 amide bonds. The largest absolute Gasteiger partial charge is 0.388 e. The zero-order valence-electron chi connectivity index (χ0n) is 15.3. The van der Waals surface area contributed by atoms with E-state index < -0.39 is 12.0 Å². The number of aliphatic hydroxyl groups excluding tert-OH is 1. The molecule has 28 heavy (non-hydrogen) atoms. The lowest BCUT2D eigenvalue weighted by Crippen LogP contribution is -2.31. The summed E-state index contributed by atoms with van der Waals surface area (Å²) in [5.41, 5.74) is 1.45. The van der Waals surface area contributed by atoms with Crippen molar-refractivity contribution in [1.29, 1.82) is 0 Å². The lowest BCUT2D eigenvalue weighted by Gasteiger charge is -2.29. The van der Waals surface area contributed by atoms with Gasteiger partial charge >= 0.3 is 0 Å². The zero-order valence-corrected chi connectivity index (χ0v) is 18.3. The molecule has 1 aliphatic rings. The van der Waals surface area contributed by atoms with Crippen LogP contribution < -0.4 is 0 Å². The van der Waals surface area contributed by atoms with Gasteiger partial charge in [0.1, 0.15) is 5.78 Å². The van der Waals surface area contributed by atoms with Crippen molar-refractivity contribution < 1.29 is 9.90 Å². The highest BCUT2D eigenvalue weighted by Crippen LogP contribution is 2.38. The average Bonchev–Trinajstić information content (AvgIpc) is 2.63. The standard InChI is InChI=1S/C22H22Cl4O2/c23-15-7-6-13(19(25)11-15)10-14-4-2-1-3-5-18(21(14)27)22(28)17-9-8-16(24)12-20(17)26/h6-9,11-12,14,18,22,28H,1-5,10H2. The predicted molar refractivity (Wildman–Crippen MR) is 117 cm³/mol. The number of hydrogen-bond acceptors (Lipinski definition) is 2. The van der Waals surface area contributed by atoms with Crippen molar-refractivity contribution in [2.24, 2.45) is 11.8 Å². The van der Waals surface area contributed by atoms with Gasteiger partial charge in [0.15, 0.2) is 0 Å². The van der Waals surface area contributed by atoms with Gasteiger partial charge in [-0.05, 0) is 54.7 Å². The van der Waals surface area contributed by atoms with E-state index in [0.717, 1.165) is 31.2 Å². The van der Waals surface area contributed by atoms with Gasteiger partial charge in [-0.25, -0.2) is 0 Å². The maximum atomic E-state index is 13.4. The van der Waals surface area contributed by atoms with E-state index in [1.165, 1.54) is 0 Å². The van der Waals surface area contributed by atoms with Gasteiger partial charge in [-0.2, -0.15) is 0 Å². The van der Waals surface area contributed by atoms with Crippen LogP contribution >= 0.6 is 46.4 Å². The van der Waals surface area contributed by atoms with Crippen molar-refractivity contribution >= 4 is 52.2 Å². The SMILES string of the molecule is O=C1C(Cc2ccc(Cl)cc2Cl)CCCCCC1C(O)c1ccc(Cl)cc1Cl. The van der Waals surface area contributed by atoms with Gasteiger partial charge in [0.2, 0.25) is 0 Å². The maximum absolute atomic E-state index is 13.4. The average molecular weight is 460 g/mol. The Kier molecular flexibility index (Phi) is 7.69. The lowest BCUT2D eigenvalue weighted by atomic mass is 9.76. The summed E-state index contributed by atoms with van der Waals surface area (Å²) in [6, 6.07) is 10.3. The van der Waals surface area contributed by atoms with Crippen molar-refractivity contribution in [3.05, 3.63) is 67.6 Å². The molecule has 0 heterocycles. The molecule has 1 N–H and O–H groups in total. The van der Waals surface area contributed by atoms with Crippen LogP contribution in [0.2, 0.25) is 20.1 Å². The molecule has 1 fully saturated rings. The zero-order chi connectivity index (χ0) is 20.3. The summed E-state index contributed by atoms with van der Waals surface area (Å²) in [7, 11) is 0. The molecule has 2 aromatic carbocycles. The van der Waals surface area contributed by atoms with Gasteiger partial charge in [0, 0.05) is 31.9 Å². The second kappa shape index (κ2) is 9.82. The van der Waals surface area contributed by atoms with Crippen LogP contribution in [0.3, 0.4) is 0 Å². The van der Waals surface area contributed by atoms with Gasteiger partial charge in [0.05, 0.1) is 6.10 Å². The Bertz CT molecular complexity index is 852. The first-order valence-corrected chi connectivity index (χ1v) is 11.0. The highest BCUT2D eigenvalue weighted by Gasteiger charge is 2.34. The van der Waals surface area contributed by atoms with E-state index in [9.17, 15) is 9.90 Å². The lowest BCUT2D eigenvalue weighted by molar-refractivity contribution is -0.131. The molecule has 0 aromatic heterocycles. The van der Waals surface area contributed by atoms with Gasteiger partial charge in [-0.1, -0.05) is 77.8 Å². The van der Waals surface area contributed by atoms with E-state index in [4.69, 9.17) is 46.4 Å². The van der Waals surface area contributed by atoms with Crippen LogP contribution in [0.4, 0.5) is 0 Å². The summed E-state index contributed by atoms with van der Waals surface area (Å²) >= 11 is 24.6. The summed E-state index contributed by atoms with van der Waals surface area (Å²) in [6.45, 7) is 0. The molecule has 0 spiro atoms. The molecule has 3 unspecified atom stereocenters. The summed E-state index contributed by atoms with van der Waals surface area (Å²) in [6.07, 6.45) is 3.97. The Balaban J connectivity index is 1.85. The monoisotopic (exact) mass is 458 g/mol. The third-order valence-electron chi connectivity index (χ3n) is 5.48. The van der Waals surface area contributed by atoms with E-state index in [1.807, 2.05) is 6.07 Å². The predicted octanol–water partition coefficient (Wildman–Crippen LogP) is 7.34. The first-order chi connectivity index (χ1) is 13.4. The summed E-state index contributed by atoms with van der Waals surface area (Å²) in [4.78, 5) is 13.4. The molecule has 3 atom stereocenters. The summed E-state index contributed by atoms with van der Waals surface area (Å²) < 4.78 is 0. The fraction of sp³-hybridized carbons (Fsp3) is 0.409. The van der Waals surface area contributed by atoms with E-state index >= 15 is 0 Å². The normalized spacial score (nSPS) is 21.8. The van der Waals surface area contributed by atoms with Crippen LogP contribution in [0.1, 0.15) is 49.3 Å². The van der Waals surface area contributed by atoms with Crippen molar-refractivity contribution in [2.75, 3.05) is 0 Å². The molecule has 2 aromatic rings. The number of hydrogen-bond donors (Lipinski definition) is 1. The minimum absolute atomic E-state index is 0.0734. The molecule has 1 saturated carbocycles. The Morgan fingerprint density at radius 3 is 2.21 bits per heavy atom. The van der Waals surface area contributed by atoms with Crippen molar-refractivity contribution in [3.63, 3.8) is 0 Å². The number of aliphatic hydroxyl groups is 1. The molecule has 6 heteroatoms. The van der Waals surface area contributed by atoms with E-state index in [2.05, 4.69) is 0 Å². The van der Waals surface area contributed by atoms with Crippen LogP contribution in [0.15, 0.2) is 36.4 Å². The molecular weight excluding hydrogens is 438 g/mol. The van der Waals surface area contributed by atoms with Crippen LogP contribution in [0.5, 0.6) is 0 Å². The van der Waals surface area contributed by atoms with Crippen molar-refractivity contribution in [2.45, 2.75) is 44.6 Å². The van der Waals surface area contributed by atoms with E-state index in [0.29, 0.717) is 38.5 Å². The molecule has 0 saturated heterocycles. The topological polar surface area (TPSA) is 37.3 Å². The third kappa shape index (κ3) is 5.23. The third-order valence-corrected chi connectivity index (χ3v) is 6.63. The Labute approximate surface area is 185 Å². The van der Waals surface area contributed by atoms with Crippen LogP contribution in [-0.2, 0) is 11.2 Å². The van der Waals surface area contributed by atoms with Crippen LogP contribution in [-0.4, -0.2) is 10.9 Å². The molecule has 2 nitrogen and oxygen atoms in total.